The highest BCUT2D eigenvalue weighted by molar-refractivity contribution is 7.89. The van der Waals surface area contributed by atoms with Gasteiger partial charge < -0.3 is 10.2 Å². The van der Waals surface area contributed by atoms with Crippen molar-refractivity contribution < 1.29 is 8.42 Å². The van der Waals surface area contributed by atoms with Crippen LogP contribution in [0.3, 0.4) is 0 Å². The molecule has 1 aliphatic carbocycles. The number of nitrogens with zero attached hydrogens (tertiary/aromatic N) is 3. The molecule has 1 fully saturated rings. The summed E-state index contributed by atoms with van der Waals surface area (Å²) in [6.45, 7) is 14.0. The summed E-state index contributed by atoms with van der Waals surface area (Å²) in [5.41, 5.74) is 3.99. The predicted molar refractivity (Wildman–Crippen MR) is 172 cm³/mol. The Balaban J connectivity index is 1.38. The molecule has 1 saturated carbocycles. The number of rotatable bonds is 11. The van der Waals surface area contributed by atoms with E-state index in [1.54, 1.807) is 0 Å². The van der Waals surface area contributed by atoms with Crippen LogP contribution in [0, 0.1) is 11.8 Å². The molecule has 41 heavy (non-hydrogen) atoms. The Morgan fingerprint density at radius 2 is 1.39 bits per heavy atom. The van der Waals surface area contributed by atoms with E-state index in [9.17, 15) is 8.42 Å². The second-order valence-corrected chi connectivity index (χ2v) is 14.6. The van der Waals surface area contributed by atoms with Crippen molar-refractivity contribution in [2.45, 2.75) is 89.9 Å². The third-order valence-corrected chi connectivity index (χ3v) is 9.99. The molecule has 0 saturated heterocycles. The summed E-state index contributed by atoms with van der Waals surface area (Å²) in [4.78, 5) is 12.0. The van der Waals surface area contributed by atoms with Crippen LogP contribution in [0.1, 0.15) is 102 Å². The largest absolute Gasteiger partial charge is 0.362 e. The molecule has 0 atom stereocenters. The Morgan fingerprint density at radius 1 is 0.829 bits per heavy atom. The summed E-state index contributed by atoms with van der Waals surface area (Å²) in [7, 11) is 0.379. The van der Waals surface area contributed by atoms with Gasteiger partial charge in [0.1, 0.15) is 5.82 Å². The molecular weight excluding hydrogens is 530 g/mol. The van der Waals surface area contributed by atoms with Gasteiger partial charge in [0.2, 0.25) is 16.0 Å². The number of para-hydroxylation sites is 1. The fraction of sp³-hybridized carbons (Fsp3) is 0.576. The highest BCUT2D eigenvalue weighted by Crippen LogP contribution is 2.36. The average Bonchev–Trinajstić information content (AvgIpc) is 2.94. The molecule has 224 valence electrons. The van der Waals surface area contributed by atoms with Gasteiger partial charge in [-0.1, -0.05) is 65.8 Å². The third kappa shape index (κ3) is 7.39. The van der Waals surface area contributed by atoms with Crippen LogP contribution in [0.5, 0.6) is 0 Å². The molecule has 3 aromatic rings. The lowest BCUT2D eigenvalue weighted by molar-refractivity contribution is 0.284. The number of fused-ring (bicyclic) bond motifs is 1. The smallest absolute Gasteiger partial charge is 0.241 e. The summed E-state index contributed by atoms with van der Waals surface area (Å²) in [5, 5.41) is 4.52. The zero-order chi connectivity index (χ0) is 29.9. The molecule has 7 nitrogen and oxygen atoms in total. The minimum atomic E-state index is -3.63. The van der Waals surface area contributed by atoms with Gasteiger partial charge in [0, 0.05) is 32.6 Å². The second kappa shape index (κ2) is 13.1. The fourth-order valence-corrected chi connectivity index (χ4v) is 7.66. The lowest BCUT2D eigenvalue weighted by atomic mass is 9.82. The zero-order valence-corrected chi connectivity index (χ0v) is 27.0. The molecule has 0 aliphatic heterocycles. The van der Waals surface area contributed by atoms with Gasteiger partial charge in [-0.05, 0) is 84.1 Å². The Bertz CT molecular complexity index is 1410. The van der Waals surface area contributed by atoms with Gasteiger partial charge in [-0.15, -0.1) is 0 Å². The number of hydrogen-bond acceptors (Lipinski definition) is 6. The molecule has 0 radical (unpaired) electrons. The van der Waals surface area contributed by atoms with E-state index in [4.69, 9.17) is 9.97 Å². The van der Waals surface area contributed by atoms with E-state index in [0.29, 0.717) is 35.1 Å². The minimum absolute atomic E-state index is 0.126. The molecule has 0 unspecified atom stereocenters. The standard InChI is InChI=1S/C33H49N5O2S/c1-21(2)26-17-28(22(3)4)31(29(18-26)23(5)6)41(39,40)35-20-25-15-13-24(14-16-25)19-34-33-36-30-12-10-9-11-27(30)32(37-33)38(7)8/h9-12,17-18,21-25,35H,13-16,19-20H2,1-8H3,(H,34,36,37). The van der Waals surface area contributed by atoms with E-state index >= 15 is 0 Å². The first kappa shape index (κ1) is 31.2. The molecular formula is C33H49N5O2S. The van der Waals surface area contributed by atoms with Gasteiger partial charge >= 0.3 is 0 Å². The van der Waals surface area contributed by atoms with Gasteiger partial charge in [-0.25, -0.2) is 18.1 Å². The second-order valence-electron chi connectivity index (χ2n) is 12.9. The van der Waals surface area contributed by atoms with Gasteiger partial charge in [0.15, 0.2) is 0 Å². The van der Waals surface area contributed by atoms with E-state index < -0.39 is 10.0 Å². The first-order chi connectivity index (χ1) is 19.4. The Kier molecular flexibility index (Phi) is 9.96. The fourth-order valence-electron chi connectivity index (χ4n) is 5.85. The number of aromatic nitrogens is 2. The summed E-state index contributed by atoms with van der Waals surface area (Å²) in [5.74, 6) is 3.04. The highest BCUT2D eigenvalue weighted by Gasteiger charge is 2.29. The van der Waals surface area contributed by atoms with E-state index in [-0.39, 0.29) is 11.8 Å². The molecule has 2 N–H and O–H groups in total. The first-order valence-corrected chi connectivity index (χ1v) is 16.7. The van der Waals surface area contributed by atoms with Crippen molar-refractivity contribution in [3.05, 3.63) is 53.1 Å². The monoisotopic (exact) mass is 579 g/mol. The van der Waals surface area contributed by atoms with Gasteiger partial charge in [-0.3, -0.25) is 0 Å². The molecule has 1 heterocycles. The summed E-state index contributed by atoms with van der Waals surface area (Å²) in [6.07, 6.45) is 4.14. The molecule has 0 amide bonds. The minimum Gasteiger partial charge on any atom is -0.362 e. The van der Waals surface area contributed by atoms with E-state index in [2.05, 4.69) is 69.8 Å². The van der Waals surface area contributed by atoms with E-state index in [1.165, 1.54) is 5.56 Å². The average molecular weight is 580 g/mol. The van der Waals surface area contributed by atoms with Crippen molar-refractivity contribution in [1.82, 2.24) is 14.7 Å². The topological polar surface area (TPSA) is 87.2 Å². The van der Waals surface area contributed by atoms with Crippen molar-refractivity contribution >= 4 is 32.7 Å². The molecule has 0 bridgehead atoms. The van der Waals surface area contributed by atoms with E-state index in [0.717, 1.165) is 60.1 Å². The Hall–Kier alpha value is -2.71. The molecule has 4 rings (SSSR count). The van der Waals surface area contributed by atoms with Crippen molar-refractivity contribution in [2.24, 2.45) is 11.8 Å². The van der Waals surface area contributed by atoms with Gasteiger partial charge in [0.25, 0.3) is 0 Å². The first-order valence-electron chi connectivity index (χ1n) is 15.2. The van der Waals surface area contributed by atoms with E-state index in [1.807, 2.05) is 37.2 Å². The lowest BCUT2D eigenvalue weighted by Gasteiger charge is -2.29. The van der Waals surface area contributed by atoms with Crippen LogP contribution in [-0.4, -0.2) is 45.6 Å². The van der Waals surface area contributed by atoms with Crippen LogP contribution in [0.4, 0.5) is 11.8 Å². The maximum Gasteiger partial charge on any atom is 0.241 e. The number of sulfonamides is 1. The summed E-state index contributed by atoms with van der Waals surface area (Å²) >= 11 is 0. The number of benzene rings is 2. The summed E-state index contributed by atoms with van der Waals surface area (Å²) < 4.78 is 30.5. The van der Waals surface area contributed by atoms with Crippen LogP contribution < -0.4 is 14.9 Å². The maximum atomic E-state index is 13.8. The van der Waals surface area contributed by atoms with Crippen molar-refractivity contribution in [3.8, 4) is 0 Å². The highest BCUT2D eigenvalue weighted by atomic mass is 32.2. The molecule has 1 aliphatic rings. The Morgan fingerprint density at radius 3 is 1.93 bits per heavy atom. The maximum absolute atomic E-state index is 13.8. The van der Waals surface area contributed by atoms with Crippen molar-refractivity contribution in [1.29, 1.82) is 0 Å². The number of hydrogen-bond donors (Lipinski definition) is 2. The molecule has 1 aromatic heterocycles. The van der Waals surface area contributed by atoms with Crippen LogP contribution in [0.15, 0.2) is 41.3 Å². The molecule has 2 aromatic carbocycles. The van der Waals surface area contributed by atoms with Crippen LogP contribution >= 0.6 is 0 Å². The van der Waals surface area contributed by atoms with Gasteiger partial charge in [0.05, 0.1) is 10.4 Å². The molecule has 0 spiro atoms. The lowest BCUT2D eigenvalue weighted by Crippen LogP contribution is -2.33. The Labute approximate surface area is 247 Å². The number of anilines is 2. The molecule has 8 heteroatoms. The normalized spacial score (nSPS) is 18.0. The SMILES string of the molecule is CC(C)c1cc(C(C)C)c(S(=O)(=O)NCC2CCC(CNc3nc(N(C)C)c4ccccc4n3)CC2)c(C(C)C)c1. The van der Waals surface area contributed by atoms with Crippen LogP contribution in [0.2, 0.25) is 0 Å². The summed E-state index contributed by atoms with van der Waals surface area (Å²) in [6, 6.07) is 12.3. The third-order valence-electron chi connectivity index (χ3n) is 8.43. The van der Waals surface area contributed by atoms with Crippen molar-refractivity contribution in [3.63, 3.8) is 0 Å². The van der Waals surface area contributed by atoms with Crippen molar-refractivity contribution in [2.75, 3.05) is 37.4 Å². The van der Waals surface area contributed by atoms with Gasteiger partial charge in [-0.2, -0.15) is 4.98 Å². The predicted octanol–water partition coefficient (Wildman–Crippen LogP) is 7.26. The van der Waals surface area contributed by atoms with Crippen LogP contribution in [-0.2, 0) is 10.0 Å². The quantitative estimate of drug-likeness (QED) is 0.249. The van der Waals surface area contributed by atoms with Crippen LogP contribution in [0.25, 0.3) is 10.9 Å². The zero-order valence-electron chi connectivity index (χ0n) is 26.2. The number of nitrogens with one attached hydrogen (secondary N) is 2.